The molecule has 0 aliphatic heterocycles. The molecule has 1 aromatic rings. The third-order valence-corrected chi connectivity index (χ3v) is 0.976. The van der Waals surface area contributed by atoms with Gasteiger partial charge in [0.15, 0.2) is 5.75 Å². The highest BCUT2D eigenvalue weighted by Gasteiger charge is 1.85. The normalized spacial score (nSPS) is 7.64. The summed E-state index contributed by atoms with van der Waals surface area (Å²) in [4.78, 5) is 10.6. The maximum Gasteiger partial charge on any atom is 0.220 e. The molecule has 0 saturated heterocycles. The third kappa shape index (κ3) is 3.20. The molecule has 1 N–H and O–H groups in total. The highest BCUT2D eigenvalue weighted by molar-refractivity contribution is 5.17. The Balaban J connectivity index is 0.000000461. The Morgan fingerprint density at radius 3 is 2.27 bits per heavy atom. The summed E-state index contributed by atoms with van der Waals surface area (Å²) < 4.78 is 0. The molecule has 0 heterocycles. The Bertz CT molecular complexity index is 268. The zero-order valence-corrected chi connectivity index (χ0v) is 6.16. The van der Waals surface area contributed by atoms with Crippen molar-refractivity contribution >= 4 is 0 Å². The van der Waals surface area contributed by atoms with E-state index in [-0.39, 0.29) is 11.2 Å². The molecule has 0 radical (unpaired) electrons. The van der Waals surface area contributed by atoms with Crippen molar-refractivity contribution in [3.63, 3.8) is 0 Å². The van der Waals surface area contributed by atoms with Crippen LogP contribution >= 0.6 is 0 Å². The molecule has 0 fully saturated rings. The SMILES string of the molecule is C=C.O=c1cccccc1O. The molecule has 0 aliphatic rings. The van der Waals surface area contributed by atoms with Crippen molar-refractivity contribution in [2.75, 3.05) is 0 Å². The van der Waals surface area contributed by atoms with Crippen LogP contribution in [0.4, 0.5) is 0 Å². The summed E-state index contributed by atoms with van der Waals surface area (Å²) in [5.41, 5.74) is -0.347. The molecule has 1 aromatic carbocycles. The first-order valence-electron chi connectivity index (χ1n) is 3.09. The quantitative estimate of drug-likeness (QED) is 0.570. The van der Waals surface area contributed by atoms with E-state index in [9.17, 15) is 4.79 Å². The molecule has 58 valence electrons. The molecule has 2 heteroatoms. The number of hydrogen-bond donors (Lipinski definition) is 1. The van der Waals surface area contributed by atoms with Crippen molar-refractivity contribution in [2.45, 2.75) is 0 Å². The highest BCUT2D eigenvalue weighted by Crippen LogP contribution is 1.93. The van der Waals surface area contributed by atoms with E-state index in [0.29, 0.717) is 0 Å². The first-order chi connectivity index (χ1) is 5.30. The zero-order chi connectivity index (χ0) is 8.69. The van der Waals surface area contributed by atoms with Gasteiger partial charge >= 0.3 is 0 Å². The molecule has 0 spiro atoms. The van der Waals surface area contributed by atoms with Crippen molar-refractivity contribution in [1.29, 1.82) is 0 Å². The van der Waals surface area contributed by atoms with Crippen LogP contribution in [0.2, 0.25) is 0 Å². The second kappa shape index (κ2) is 5.23. The van der Waals surface area contributed by atoms with Gasteiger partial charge in [0.2, 0.25) is 5.43 Å². The molecule has 0 amide bonds. The van der Waals surface area contributed by atoms with Gasteiger partial charge in [0.1, 0.15) is 0 Å². The van der Waals surface area contributed by atoms with E-state index in [0.717, 1.165) is 0 Å². The molecule has 1 rings (SSSR count). The van der Waals surface area contributed by atoms with E-state index in [1.54, 1.807) is 18.2 Å². The van der Waals surface area contributed by atoms with Crippen molar-refractivity contribution < 1.29 is 5.11 Å². The monoisotopic (exact) mass is 150 g/mol. The molecular weight excluding hydrogens is 140 g/mol. The second-order valence-electron chi connectivity index (χ2n) is 1.66. The van der Waals surface area contributed by atoms with Gasteiger partial charge in [0.25, 0.3) is 0 Å². The van der Waals surface area contributed by atoms with Crippen LogP contribution in [0.1, 0.15) is 0 Å². The lowest BCUT2D eigenvalue weighted by Gasteiger charge is -1.74. The first-order valence-corrected chi connectivity index (χ1v) is 3.09. The molecule has 0 atom stereocenters. The lowest BCUT2D eigenvalue weighted by Crippen LogP contribution is -1.90. The summed E-state index contributed by atoms with van der Waals surface area (Å²) in [7, 11) is 0. The van der Waals surface area contributed by atoms with Crippen LogP contribution in [0, 0.1) is 0 Å². The maximum atomic E-state index is 10.6. The fourth-order valence-electron chi connectivity index (χ4n) is 0.521. The predicted molar refractivity (Wildman–Crippen MR) is 45.6 cm³/mol. The van der Waals surface area contributed by atoms with Crippen molar-refractivity contribution in [3.05, 3.63) is 53.7 Å². The molecule has 11 heavy (non-hydrogen) atoms. The van der Waals surface area contributed by atoms with Gasteiger partial charge in [-0.15, -0.1) is 13.2 Å². The third-order valence-electron chi connectivity index (χ3n) is 0.976. The van der Waals surface area contributed by atoms with Crippen LogP contribution in [0.25, 0.3) is 0 Å². The van der Waals surface area contributed by atoms with Crippen LogP contribution in [0.3, 0.4) is 0 Å². The van der Waals surface area contributed by atoms with Crippen LogP contribution in [-0.4, -0.2) is 5.11 Å². The van der Waals surface area contributed by atoms with E-state index in [1.807, 2.05) is 0 Å². The second-order valence-corrected chi connectivity index (χ2v) is 1.66. The number of hydrogen-bond acceptors (Lipinski definition) is 2. The Morgan fingerprint density at radius 1 is 1.09 bits per heavy atom. The molecule has 0 bridgehead atoms. The van der Waals surface area contributed by atoms with Gasteiger partial charge in [0, 0.05) is 0 Å². The average molecular weight is 150 g/mol. The summed E-state index contributed by atoms with van der Waals surface area (Å²) in [6.45, 7) is 6.00. The minimum atomic E-state index is -0.347. The highest BCUT2D eigenvalue weighted by atomic mass is 16.3. The van der Waals surface area contributed by atoms with Gasteiger partial charge in [-0.25, -0.2) is 0 Å². The van der Waals surface area contributed by atoms with Crippen molar-refractivity contribution in [2.24, 2.45) is 0 Å². The summed E-state index contributed by atoms with van der Waals surface area (Å²) in [5.74, 6) is -0.208. The summed E-state index contributed by atoms with van der Waals surface area (Å²) >= 11 is 0. The van der Waals surface area contributed by atoms with E-state index in [2.05, 4.69) is 13.2 Å². The average Bonchev–Trinajstić information content (AvgIpc) is 2.22. The van der Waals surface area contributed by atoms with Gasteiger partial charge in [-0.05, 0) is 12.1 Å². The molecule has 0 aliphatic carbocycles. The van der Waals surface area contributed by atoms with Crippen LogP contribution in [-0.2, 0) is 0 Å². The molecule has 0 unspecified atom stereocenters. The topological polar surface area (TPSA) is 37.3 Å². The van der Waals surface area contributed by atoms with Crippen LogP contribution < -0.4 is 5.43 Å². The molecule has 2 nitrogen and oxygen atoms in total. The molecule has 0 saturated carbocycles. The van der Waals surface area contributed by atoms with Crippen LogP contribution in [0.5, 0.6) is 5.75 Å². The Kier molecular flexibility index (Phi) is 4.49. The van der Waals surface area contributed by atoms with Gasteiger partial charge < -0.3 is 5.11 Å². The number of rotatable bonds is 0. The van der Waals surface area contributed by atoms with Crippen molar-refractivity contribution in [3.8, 4) is 5.75 Å². The predicted octanol–water partition coefficient (Wildman–Crippen LogP) is 1.55. The van der Waals surface area contributed by atoms with E-state index in [1.165, 1.54) is 12.1 Å². The summed E-state index contributed by atoms with van der Waals surface area (Å²) in [6, 6.07) is 7.55. The van der Waals surface area contributed by atoms with E-state index < -0.39 is 0 Å². The number of aromatic hydroxyl groups is 1. The fraction of sp³-hybridized carbons (Fsp3) is 0. The van der Waals surface area contributed by atoms with Crippen LogP contribution in [0.15, 0.2) is 48.3 Å². The summed E-state index contributed by atoms with van der Waals surface area (Å²) in [6.07, 6.45) is 0. The van der Waals surface area contributed by atoms with E-state index in [4.69, 9.17) is 5.11 Å². The Labute approximate surface area is 65.4 Å². The first kappa shape index (κ1) is 9.43. The van der Waals surface area contributed by atoms with Gasteiger partial charge in [-0.3, -0.25) is 4.79 Å². The molecular formula is C9H10O2. The largest absolute Gasteiger partial charge is 0.504 e. The lowest BCUT2D eigenvalue weighted by molar-refractivity contribution is 0.471. The van der Waals surface area contributed by atoms with Gasteiger partial charge in [0.05, 0.1) is 0 Å². The van der Waals surface area contributed by atoms with Crippen molar-refractivity contribution in [1.82, 2.24) is 0 Å². The summed E-state index contributed by atoms with van der Waals surface area (Å²) in [5, 5.41) is 8.77. The smallest absolute Gasteiger partial charge is 0.220 e. The lowest BCUT2D eigenvalue weighted by atomic mass is 10.5. The minimum Gasteiger partial charge on any atom is -0.504 e. The fourth-order valence-corrected chi connectivity index (χ4v) is 0.521. The molecule has 0 aromatic heterocycles. The maximum absolute atomic E-state index is 10.6. The van der Waals surface area contributed by atoms with Gasteiger partial charge in [-0.1, -0.05) is 18.2 Å². The zero-order valence-electron chi connectivity index (χ0n) is 6.16. The Hall–Kier alpha value is -1.57. The minimum absolute atomic E-state index is 0.208. The van der Waals surface area contributed by atoms with E-state index >= 15 is 0 Å². The standard InChI is InChI=1S/C7H6O2.C2H4/c8-6-4-2-1-3-5-7(6)9;1-2/h1-5H,(H,8,9);1-2H2. The van der Waals surface area contributed by atoms with Gasteiger partial charge in [-0.2, -0.15) is 0 Å². The Morgan fingerprint density at radius 2 is 1.64 bits per heavy atom.